The van der Waals surface area contributed by atoms with E-state index in [9.17, 15) is 17.2 Å². The number of rotatable bonds is 3. The Balaban J connectivity index is 1.78. The Labute approximate surface area is 177 Å². The zero-order valence-corrected chi connectivity index (χ0v) is 18.4. The highest BCUT2D eigenvalue weighted by Gasteiger charge is 2.52. The number of amidine groups is 1. The molecule has 0 saturated carbocycles. The van der Waals surface area contributed by atoms with Gasteiger partial charge in [-0.15, -0.1) is 11.3 Å². The highest BCUT2D eigenvalue weighted by molar-refractivity contribution is 7.93. The molecule has 4 rings (SSSR count). The van der Waals surface area contributed by atoms with Gasteiger partial charge in [-0.1, -0.05) is 6.07 Å². The van der Waals surface area contributed by atoms with E-state index >= 15 is 0 Å². The van der Waals surface area contributed by atoms with E-state index in [0.29, 0.717) is 0 Å². The van der Waals surface area contributed by atoms with Crippen LogP contribution in [-0.4, -0.2) is 29.7 Å². The van der Waals surface area contributed by atoms with Crippen molar-refractivity contribution in [1.29, 1.82) is 0 Å². The Morgan fingerprint density at radius 2 is 1.90 bits per heavy atom. The van der Waals surface area contributed by atoms with Gasteiger partial charge in [0.25, 0.3) is 0 Å². The van der Waals surface area contributed by atoms with Crippen LogP contribution in [0, 0.1) is 18.6 Å². The number of hydrogen-bond acceptors (Lipinski definition) is 6. The summed E-state index contributed by atoms with van der Waals surface area (Å²) in [6.45, 7) is 4.90. The molecule has 1 aromatic heterocycles. The Morgan fingerprint density at radius 1 is 1.17 bits per heavy atom. The van der Waals surface area contributed by atoms with Crippen molar-refractivity contribution in [2.75, 3.05) is 5.75 Å². The largest absolute Gasteiger partial charge is 0.386 e. The molecule has 3 aromatic rings. The Hall–Kier alpha value is -2.39. The van der Waals surface area contributed by atoms with Crippen LogP contribution in [0.15, 0.2) is 41.4 Å². The van der Waals surface area contributed by atoms with E-state index < -0.39 is 37.5 Å². The molecule has 158 valence electrons. The molecule has 30 heavy (non-hydrogen) atoms. The normalized spacial score (nSPS) is 26.0. The van der Waals surface area contributed by atoms with Gasteiger partial charge in [-0.05, 0) is 63.1 Å². The number of fused-ring (bicyclic) bond motifs is 1. The lowest BCUT2D eigenvalue weighted by Gasteiger charge is -2.40. The van der Waals surface area contributed by atoms with Gasteiger partial charge in [-0.25, -0.2) is 22.2 Å². The lowest BCUT2D eigenvalue weighted by Crippen LogP contribution is -2.57. The average Bonchev–Trinajstić information content (AvgIpc) is 3.01. The molecule has 1 aliphatic heterocycles. The quantitative estimate of drug-likeness (QED) is 0.658. The number of benzene rings is 2. The number of aromatic nitrogens is 1. The zero-order valence-electron chi connectivity index (χ0n) is 16.7. The summed E-state index contributed by atoms with van der Waals surface area (Å²) < 4.78 is 54.4. The van der Waals surface area contributed by atoms with Gasteiger partial charge in [0.2, 0.25) is 0 Å². The molecule has 0 spiro atoms. The van der Waals surface area contributed by atoms with E-state index in [1.807, 2.05) is 25.1 Å². The molecular weight excluding hydrogens is 428 g/mol. The zero-order chi connectivity index (χ0) is 21.9. The Morgan fingerprint density at radius 3 is 2.60 bits per heavy atom. The van der Waals surface area contributed by atoms with Crippen molar-refractivity contribution >= 4 is 37.2 Å². The summed E-state index contributed by atoms with van der Waals surface area (Å²) in [6, 6.07) is 8.54. The van der Waals surface area contributed by atoms with Crippen molar-refractivity contribution in [1.82, 2.24) is 4.98 Å². The van der Waals surface area contributed by atoms with Gasteiger partial charge >= 0.3 is 0 Å². The fourth-order valence-electron chi connectivity index (χ4n) is 3.94. The molecule has 2 heterocycles. The highest BCUT2D eigenvalue weighted by Crippen LogP contribution is 2.39. The first-order valence-corrected chi connectivity index (χ1v) is 11.8. The number of halogens is 2. The second-order valence-electron chi connectivity index (χ2n) is 8.10. The molecule has 2 atom stereocenters. The lowest BCUT2D eigenvalue weighted by atomic mass is 9.92. The average molecular weight is 450 g/mol. The summed E-state index contributed by atoms with van der Waals surface area (Å²) in [5, 5.41) is 0.924. The molecule has 0 aliphatic carbocycles. The highest BCUT2D eigenvalue weighted by atomic mass is 32.2. The van der Waals surface area contributed by atoms with Crippen LogP contribution in [0.3, 0.4) is 0 Å². The van der Waals surface area contributed by atoms with Crippen LogP contribution in [0.1, 0.15) is 30.0 Å². The van der Waals surface area contributed by atoms with Crippen molar-refractivity contribution in [3.05, 3.63) is 64.2 Å². The molecular formula is C21H21F2N3O2S2. The van der Waals surface area contributed by atoms with Crippen LogP contribution < -0.4 is 5.73 Å². The van der Waals surface area contributed by atoms with E-state index in [4.69, 9.17) is 5.73 Å². The second-order valence-corrected chi connectivity index (χ2v) is 11.8. The minimum atomic E-state index is -3.87. The first-order valence-electron chi connectivity index (χ1n) is 9.33. The predicted octanol–water partition coefficient (Wildman–Crippen LogP) is 3.89. The summed E-state index contributed by atoms with van der Waals surface area (Å²) in [4.78, 5) is 8.85. The minimum absolute atomic E-state index is 0.110. The Kier molecular flexibility index (Phi) is 4.74. The molecule has 0 bridgehead atoms. The third-order valence-corrected chi connectivity index (χ3v) is 9.30. The van der Waals surface area contributed by atoms with Crippen molar-refractivity contribution in [3.63, 3.8) is 0 Å². The SMILES string of the molecule is Cc1nc2cc(CC3(C)C(N)=NC(C)(c4cc(F)ccc4F)CS3(=O)=O)ccc2s1. The van der Waals surface area contributed by atoms with Crippen LogP contribution in [0.5, 0.6) is 0 Å². The van der Waals surface area contributed by atoms with Crippen molar-refractivity contribution < 1.29 is 17.2 Å². The van der Waals surface area contributed by atoms with E-state index in [0.717, 1.165) is 39.0 Å². The van der Waals surface area contributed by atoms with Crippen molar-refractivity contribution in [2.24, 2.45) is 10.7 Å². The molecule has 2 aromatic carbocycles. The van der Waals surface area contributed by atoms with Crippen LogP contribution >= 0.6 is 11.3 Å². The van der Waals surface area contributed by atoms with Crippen molar-refractivity contribution in [3.8, 4) is 0 Å². The second kappa shape index (κ2) is 6.81. The van der Waals surface area contributed by atoms with Gasteiger partial charge in [0.15, 0.2) is 9.84 Å². The monoisotopic (exact) mass is 449 g/mol. The molecule has 0 radical (unpaired) electrons. The number of aryl methyl sites for hydroxylation is 1. The maximum atomic E-state index is 14.4. The summed E-state index contributed by atoms with van der Waals surface area (Å²) in [5.41, 5.74) is 6.12. The smallest absolute Gasteiger partial charge is 0.165 e. The van der Waals surface area contributed by atoms with Crippen LogP contribution in [0.2, 0.25) is 0 Å². The van der Waals surface area contributed by atoms with E-state index in [-0.39, 0.29) is 17.8 Å². The summed E-state index contributed by atoms with van der Waals surface area (Å²) in [5.74, 6) is -1.98. The summed E-state index contributed by atoms with van der Waals surface area (Å²) in [7, 11) is -3.87. The fraction of sp³-hybridized carbons (Fsp3) is 0.333. The minimum Gasteiger partial charge on any atom is -0.386 e. The molecule has 5 nitrogen and oxygen atoms in total. The third-order valence-electron chi connectivity index (χ3n) is 5.68. The molecule has 0 fully saturated rings. The lowest BCUT2D eigenvalue weighted by molar-refractivity contribution is 0.466. The maximum Gasteiger partial charge on any atom is 0.165 e. The first-order chi connectivity index (χ1) is 13.9. The molecule has 9 heteroatoms. The van der Waals surface area contributed by atoms with Gasteiger partial charge in [0, 0.05) is 5.56 Å². The number of hydrogen-bond donors (Lipinski definition) is 1. The van der Waals surface area contributed by atoms with E-state index in [1.165, 1.54) is 13.8 Å². The third kappa shape index (κ3) is 3.30. The van der Waals surface area contributed by atoms with Gasteiger partial charge in [-0.3, -0.25) is 4.99 Å². The van der Waals surface area contributed by atoms with Crippen LogP contribution in [-0.2, 0) is 21.8 Å². The molecule has 0 saturated heterocycles. The van der Waals surface area contributed by atoms with Gasteiger partial charge in [0.1, 0.15) is 27.8 Å². The predicted molar refractivity (Wildman–Crippen MR) is 116 cm³/mol. The van der Waals surface area contributed by atoms with Gasteiger partial charge in [0.05, 0.1) is 21.0 Å². The fourth-order valence-corrected chi connectivity index (χ4v) is 6.78. The summed E-state index contributed by atoms with van der Waals surface area (Å²) in [6.07, 6.45) is 0.110. The standard InChI is InChI=1S/C21H21F2N3O2S2/c1-12-25-17-8-13(4-7-18(17)29-12)10-21(3)19(24)26-20(2,11-30(21,27)28)15-9-14(22)5-6-16(15)23/h4-9H,10-11H2,1-3H3,(H2,24,26). The molecule has 1 aliphatic rings. The molecule has 2 N–H and O–H groups in total. The number of nitrogens with zero attached hydrogens (tertiary/aromatic N) is 2. The topological polar surface area (TPSA) is 85.4 Å². The number of sulfone groups is 1. The summed E-state index contributed by atoms with van der Waals surface area (Å²) >= 11 is 1.56. The molecule has 2 unspecified atom stereocenters. The van der Waals surface area contributed by atoms with Gasteiger partial charge in [-0.2, -0.15) is 0 Å². The first kappa shape index (κ1) is 20.9. The van der Waals surface area contributed by atoms with Crippen molar-refractivity contribution in [2.45, 2.75) is 37.5 Å². The number of thiazole rings is 1. The van der Waals surface area contributed by atoms with Crippen LogP contribution in [0.25, 0.3) is 10.2 Å². The van der Waals surface area contributed by atoms with E-state index in [1.54, 1.807) is 11.3 Å². The number of aliphatic imine (C=N–C) groups is 1. The number of nitrogens with two attached hydrogens (primary N) is 1. The Bertz CT molecular complexity index is 1300. The van der Waals surface area contributed by atoms with E-state index in [2.05, 4.69) is 9.98 Å². The molecule has 0 amide bonds. The van der Waals surface area contributed by atoms with Gasteiger partial charge < -0.3 is 5.73 Å². The maximum absolute atomic E-state index is 14.4. The van der Waals surface area contributed by atoms with Crippen LogP contribution in [0.4, 0.5) is 8.78 Å².